The quantitative estimate of drug-likeness (QED) is 0.843. The van der Waals surface area contributed by atoms with Gasteiger partial charge in [-0.15, -0.1) is 0 Å². The molecule has 1 amide bonds. The van der Waals surface area contributed by atoms with Crippen LogP contribution in [0.1, 0.15) is 36.0 Å². The molecule has 0 heterocycles. The van der Waals surface area contributed by atoms with E-state index in [2.05, 4.69) is 19.0 Å². The van der Waals surface area contributed by atoms with Gasteiger partial charge in [-0.25, -0.2) is 8.42 Å². The molecule has 1 saturated carbocycles. The molecule has 1 aliphatic rings. The number of rotatable bonds is 4. The van der Waals surface area contributed by atoms with Gasteiger partial charge in [-0.2, -0.15) is 0 Å². The van der Waals surface area contributed by atoms with Crippen LogP contribution in [0.15, 0.2) is 29.2 Å². The molecular weight excluding hydrogens is 312 g/mol. The second-order valence-electron chi connectivity index (χ2n) is 6.60. The monoisotopic (exact) mass is 338 g/mol. The Morgan fingerprint density at radius 1 is 1.00 bits per heavy atom. The highest BCUT2D eigenvalue weighted by atomic mass is 32.2. The molecule has 23 heavy (non-hydrogen) atoms. The molecule has 0 N–H and O–H groups in total. The number of nitrogens with zero attached hydrogens (tertiary/aromatic N) is 2. The van der Waals surface area contributed by atoms with E-state index in [4.69, 9.17) is 0 Å². The van der Waals surface area contributed by atoms with Crippen molar-refractivity contribution in [2.45, 2.75) is 42.7 Å². The van der Waals surface area contributed by atoms with Crippen molar-refractivity contribution in [3.63, 3.8) is 0 Å². The number of sulfone groups is 1. The molecule has 1 aromatic rings. The van der Waals surface area contributed by atoms with Crippen LogP contribution < -0.4 is 0 Å². The second-order valence-corrected chi connectivity index (χ2v) is 8.61. The lowest BCUT2D eigenvalue weighted by molar-refractivity contribution is 0.0544. The molecule has 1 aromatic carbocycles. The number of benzene rings is 1. The number of likely N-dealkylation sites (N-methyl/N-ethyl adjacent to an activating group) is 2. The van der Waals surface area contributed by atoms with Crippen molar-refractivity contribution in [3.05, 3.63) is 29.8 Å². The molecule has 0 radical (unpaired) electrons. The van der Waals surface area contributed by atoms with E-state index in [0.29, 0.717) is 11.6 Å². The van der Waals surface area contributed by atoms with Crippen LogP contribution in [-0.2, 0) is 9.84 Å². The van der Waals surface area contributed by atoms with E-state index in [-0.39, 0.29) is 16.8 Å². The summed E-state index contributed by atoms with van der Waals surface area (Å²) in [7, 11) is 2.72. The van der Waals surface area contributed by atoms with E-state index in [0.717, 1.165) is 19.3 Å². The number of carbonyl (C=O) groups excluding carboxylic acids is 1. The maximum Gasteiger partial charge on any atom is 0.253 e. The summed E-state index contributed by atoms with van der Waals surface area (Å²) >= 11 is 0. The largest absolute Gasteiger partial charge is 0.337 e. The molecule has 2 rings (SSSR count). The summed E-state index contributed by atoms with van der Waals surface area (Å²) in [6, 6.07) is 6.76. The van der Waals surface area contributed by atoms with Gasteiger partial charge >= 0.3 is 0 Å². The predicted octanol–water partition coefficient (Wildman–Crippen LogP) is 2.03. The predicted molar refractivity (Wildman–Crippen MR) is 91.4 cm³/mol. The van der Waals surface area contributed by atoms with Gasteiger partial charge in [0.2, 0.25) is 0 Å². The highest BCUT2D eigenvalue weighted by Crippen LogP contribution is 2.26. The summed E-state index contributed by atoms with van der Waals surface area (Å²) < 4.78 is 23.0. The van der Waals surface area contributed by atoms with Crippen LogP contribution >= 0.6 is 0 Å². The van der Waals surface area contributed by atoms with Gasteiger partial charge in [0, 0.05) is 31.0 Å². The van der Waals surface area contributed by atoms with Crippen molar-refractivity contribution in [2.75, 3.05) is 27.4 Å². The van der Waals surface area contributed by atoms with Gasteiger partial charge in [0.1, 0.15) is 0 Å². The van der Waals surface area contributed by atoms with Crippen LogP contribution in [0.3, 0.4) is 0 Å². The van der Waals surface area contributed by atoms with E-state index in [1.807, 2.05) is 11.9 Å². The van der Waals surface area contributed by atoms with Crippen molar-refractivity contribution in [3.8, 4) is 0 Å². The first kappa shape index (κ1) is 17.9. The summed E-state index contributed by atoms with van der Waals surface area (Å²) in [5.74, 6) is -0.0520. The fraction of sp³-hybridized carbons (Fsp3) is 0.588. The third kappa shape index (κ3) is 4.12. The Morgan fingerprint density at radius 2 is 1.52 bits per heavy atom. The zero-order valence-electron chi connectivity index (χ0n) is 14.3. The van der Waals surface area contributed by atoms with Gasteiger partial charge in [0.25, 0.3) is 5.91 Å². The third-order valence-corrected chi connectivity index (χ3v) is 5.83. The summed E-state index contributed by atoms with van der Waals surface area (Å²) in [6.45, 7) is 0. The maximum atomic E-state index is 12.7. The van der Waals surface area contributed by atoms with Crippen LogP contribution in [0.25, 0.3) is 0 Å². The van der Waals surface area contributed by atoms with E-state index in [9.17, 15) is 13.2 Å². The first-order chi connectivity index (χ1) is 10.7. The molecule has 0 spiro atoms. The Morgan fingerprint density at radius 3 is 2.00 bits per heavy atom. The highest BCUT2D eigenvalue weighted by Gasteiger charge is 2.32. The van der Waals surface area contributed by atoms with E-state index in [1.165, 1.54) is 24.8 Å². The fourth-order valence-electron chi connectivity index (χ4n) is 3.34. The molecule has 128 valence electrons. The number of hydrogen-bond acceptors (Lipinski definition) is 4. The van der Waals surface area contributed by atoms with E-state index in [1.54, 1.807) is 12.1 Å². The zero-order valence-corrected chi connectivity index (χ0v) is 15.1. The van der Waals surface area contributed by atoms with Gasteiger partial charge in [-0.1, -0.05) is 12.8 Å². The van der Waals surface area contributed by atoms with Crippen molar-refractivity contribution < 1.29 is 13.2 Å². The molecule has 0 bridgehead atoms. The lowest BCUT2D eigenvalue weighted by atomic mass is 9.88. The normalized spacial score (nSPS) is 22.1. The third-order valence-electron chi connectivity index (χ3n) is 4.70. The minimum atomic E-state index is -3.24. The number of amides is 1. The molecule has 1 aliphatic carbocycles. The van der Waals surface area contributed by atoms with Crippen molar-refractivity contribution in [2.24, 2.45) is 0 Å². The molecule has 6 heteroatoms. The minimum absolute atomic E-state index is 0.0520. The molecule has 1 fully saturated rings. The standard InChI is InChI=1S/C17H26N2O3S/c1-18(2)15-7-5-6-8-16(15)19(3)17(20)13-9-11-14(12-10-13)23(4,21)22/h9-12,15-16H,5-8H2,1-4H3/t15-,16-/m1/s1. The summed E-state index contributed by atoms with van der Waals surface area (Å²) in [4.78, 5) is 17.0. The van der Waals surface area contributed by atoms with Crippen molar-refractivity contribution in [1.82, 2.24) is 9.80 Å². The van der Waals surface area contributed by atoms with Gasteiger partial charge < -0.3 is 9.80 Å². The first-order valence-corrected chi connectivity index (χ1v) is 9.84. The molecule has 0 unspecified atom stereocenters. The van der Waals surface area contributed by atoms with Gasteiger partial charge in [0.05, 0.1) is 4.90 Å². The lowest BCUT2D eigenvalue weighted by Crippen LogP contribution is -2.51. The van der Waals surface area contributed by atoms with Crippen LogP contribution in [0, 0.1) is 0 Å². The second kappa shape index (κ2) is 7.01. The number of hydrogen-bond donors (Lipinski definition) is 0. The van der Waals surface area contributed by atoms with Crippen molar-refractivity contribution in [1.29, 1.82) is 0 Å². The van der Waals surface area contributed by atoms with Crippen LogP contribution in [0.5, 0.6) is 0 Å². The minimum Gasteiger partial charge on any atom is -0.337 e. The van der Waals surface area contributed by atoms with Crippen LogP contribution in [-0.4, -0.2) is 63.6 Å². The lowest BCUT2D eigenvalue weighted by Gasteiger charge is -2.41. The van der Waals surface area contributed by atoms with Crippen LogP contribution in [0.4, 0.5) is 0 Å². The zero-order chi connectivity index (χ0) is 17.2. The summed E-state index contributed by atoms with van der Waals surface area (Å²) in [6.07, 6.45) is 5.61. The van der Waals surface area contributed by atoms with E-state index >= 15 is 0 Å². The van der Waals surface area contributed by atoms with E-state index < -0.39 is 9.84 Å². The molecule has 0 saturated heterocycles. The fourth-order valence-corrected chi connectivity index (χ4v) is 3.98. The Hall–Kier alpha value is -1.40. The molecule has 2 atom stereocenters. The highest BCUT2D eigenvalue weighted by molar-refractivity contribution is 7.90. The van der Waals surface area contributed by atoms with Gasteiger partial charge in [0.15, 0.2) is 9.84 Å². The first-order valence-electron chi connectivity index (χ1n) is 7.95. The Balaban J connectivity index is 2.18. The van der Waals surface area contributed by atoms with Gasteiger partial charge in [-0.05, 0) is 51.2 Å². The van der Waals surface area contributed by atoms with Crippen LogP contribution in [0.2, 0.25) is 0 Å². The van der Waals surface area contributed by atoms with Crippen molar-refractivity contribution >= 4 is 15.7 Å². The summed E-state index contributed by atoms with van der Waals surface area (Å²) in [5, 5.41) is 0. The summed E-state index contributed by atoms with van der Waals surface area (Å²) in [5.41, 5.74) is 0.531. The average Bonchev–Trinajstić information content (AvgIpc) is 2.52. The number of carbonyl (C=O) groups is 1. The molecule has 5 nitrogen and oxygen atoms in total. The maximum absolute atomic E-state index is 12.7. The van der Waals surface area contributed by atoms with Gasteiger partial charge in [-0.3, -0.25) is 4.79 Å². The SMILES string of the molecule is CN(C)[C@@H]1CCCC[C@H]1N(C)C(=O)c1ccc(S(C)(=O)=O)cc1. The topological polar surface area (TPSA) is 57.7 Å². The Bertz CT molecular complexity index is 653. The Kier molecular flexibility index (Phi) is 5.47. The molecule has 0 aliphatic heterocycles. The smallest absolute Gasteiger partial charge is 0.253 e. The molecular formula is C17H26N2O3S. The Labute approximate surface area is 139 Å². The average molecular weight is 338 g/mol. The molecule has 0 aromatic heterocycles.